The molecule has 1 heterocycles. The lowest BCUT2D eigenvalue weighted by Gasteiger charge is -2.50. The zero-order valence-electron chi connectivity index (χ0n) is 13.4. The van der Waals surface area contributed by atoms with Crippen LogP contribution in [0.5, 0.6) is 17.2 Å². The van der Waals surface area contributed by atoms with Crippen molar-refractivity contribution < 1.29 is 33.2 Å². The van der Waals surface area contributed by atoms with Gasteiger partial charge in [0.25, 0.3) is 5.79 Å². The average Bonchev–Trinajstić information content (AvgIpc) is 2.59. The number of rotatable bonds is 4. The molecule has 2 unspecified atom stereocenters. The Bertz CT molecular complexity index is 668. The summed E-state index contributed by atoms with van der Waals surface area (Å²) >= 11 is 0. The first kappa shape index (κ1) is 15.6. The van der Waals surface area contributed by atoms with Crippen LogP contribution in [0.2, 0.25) is 0 Å². The first-order valence-corrected chi connectivity index (χ1v) is 6.99. The van der Waals surface area contributed by atoms with Crippen molar-refractivity contribution in [2.45, 2.75) is 18.0 Å². The van der Waals surface area contributed by atoms with E-state index in [2.05, 4.69) is 0 Å². The summed E-state index contributed by atoms with van der Waals surface area (Å²) in [5.74, 6) is -1.94. The van der Waals surface area contributed by atoms with Gasteiger partial charge in [-0.3, -0.25) is 4.79 Å². The first-order valence-electron chi connectivity index (χ1n) is 6.99. The molecule has 3 rings (SSSR count). The highest BCUT2D eigenvalue weighted by atomic mass is 16.8. The lowest BCUT2D eigenvalue weighted by molar-refractivity contribution is -0.343. The number of benzene rings is 1. The molecule has 0 saturated carbocycles. The normalized spacial score (nSPS) is 28.7. The highest BCUT2D eigenvalue weighted by molar-refractivity contribution is 5.99. The Morgan fingerprint density at radius 3 is 2.39 bits per heavy atom. The van der Waals surface area contributed by atoms with Crippen LogP contribution in [0.25, 0.3) is 0 Å². The van der Waals surface area contributed by atoms with Crippen LogP contribution in [-0.4, -0.2) is 45.8 Å². The summed E-state index contributed by atoms with van der Waals surface area (Å²) in [5, 5.41) is 0. The lowest BCUT2D eigenvalue weighted by Crippen LogP contribution is -2.70. The minimum Gasteiger partial charge on any atom is -0.501 e. The van der Waals surface area contributed by atoms with Crippen LogP contribution in [-0.2, 0) is 19.0 Å². The summed E-state index contributed by atoms with van der Waals surface area (Å²) in [6, 6.07) is 5.01. The van der Waals surface area contributed by atoms with E-state index < -0.39 is 17.4 Å². The summed E-state index contributed by atoms with van der Waals surface area (Å²) in [6.07, 6.45) is 1.48. The molecule has 0 aromatic heterocycles. The average molecular weight is 322 g/mol. The van der Waals surface area contributed by atoms with Crippen LogP contribution in [0.15, 0.2) is 30.0 Å². The summed E-state index contributed by atoms with van der Waals surface area (Å²) in [5.41, 5.74) is 0. The van der Waals surface area contributed by atoms with Gasteiger partial charge in [-0.1, -0.05) is 0 Å². The minimum absolute atomic E-state index is 0.149. The smallest absolute Gasteiger partial charge is 0.342 e. The fourth-order valence-corrected chi connectivity index (χ4v) is 2.85. The number of ketones is 1. The van der Waals surface area contributed by atoms with E-state index in [0.717, 1.165) is 0 Å². The summed E-state index contributed by atoms with van der Waals surface area (Å²) in [7, 11) is 5.82. The lowest BCUT2D eigenvalue weighted by atomic mass is 9.89. The second kappa shape index (κ2) is 5.43. The standard InChI is InChI=1S/C16H18O7/c1-18-10-5-6-12-13(7-10)22-15(20-3)9-11(19-2)8-14(17)16(15,21-4)23-12/h5-8H,9H2,1-4H3. The van der Waals surface area contributed by atoms with Crippen molar-refractivity contribution in [3.8, 4) is 17.2 Å². The molecule has 0 saturated heterocycles. The van der Waals surface area contributed by atoms with E-state index in [-0.39, 0.29) is 6.42 Å². The maximum atomic E-state index is 12.7. The Balaban J connectivity index is 2.15. The molecule has 23 heavy (non-hydrogen) atoms. The van der Waals surface area contributed by atoms with Gasteiger partial charge in [-0.2, -0.15) is 0 Å². The van der Waals surface area contributed by atoms with Crippen LogP contribution < -0.4 is 14.2 Å². The Morgan fingerprint density at radius 2 is 1.78 bits per heavy atom. The van der Waals surface area contributed by atoms with Crippen LogP contribution in [0.4, 0.5) is 0 Å². The number of fused-ring (bicyclic) bond motifs is 2. The van der Waals surface area contributed by atoms with Crippen LogP contribution >= 0.6 is 0 Å². The zero-order chi connectivity index (χ0) is 16.7. The van der Waals surface area contributed by atoms with Gasteiger partial charge in [0.1, 0.15) is 11.5 Å². The van der Waals surface area contributed by atoms with Crippen LogP contribution in [0, 0.1) is 0 Å². The van der Waals surface area contributed by atoms with Crippen LogP contribution in [0.3, 0.4) is 0 Å². The fourth-order valence-electron chi connectivity index (χ4n) is 2.85. The summed E-state index contributed by atoms with van der Waals surface area (Å²) in [4.78, 5) is 12.7. The van der Waals surface area contributed by atoms with E-state index in [1.807, 2.05) is 0 Å². The molecule has 0 bridgehead atoms. The molecule has 7 nitrogen and oxygen atoms in total. The zero-order valence-corrected chi connectivity index (χ0v) is 13.4. The van der Waals surface area contributed by atoms with Gasteiger partial charge in [-0.25, -0.2) is 0 Å². The molecular formula is C16H18O7. The van der Waals surface area contributed by atoms with Gasteiger partial charge in [0.05, 0.1) is 20.6 Å². The number of carbonyl (C=O) groups excluding carboxylic acids is 1. The second-order valence-corrected chi connectivity index (χ2v) is 5.15. The quantitative estimate of drug-likeness (QED) is 0.834. The molecule has 0 spiro atoms. The molecule has 1 aliphatic carbocycles. The molecule has 0 fully saturated rings. The van der Waals surface area contributed by atoms with E-state index >= 15 is 0 Å². The van der Waals surface area contributed by atoms with E-state index in [4.69, 9.17) is 28.4 Å². The monoisotopic (exact) mass is 322 g/mol. The SMILES string of the molecule is COC1=CC(=O)C2(OC)Oc3ccc(OC)cc3OC2(OC)C1. The third kappa shape index (κ3) is 2.08. The first-order chi connectivity index (χ1) is 11.0. The molecule has 1 aliphatic heterocycles. The molecule has 2 atom stereocenters. The van der Waals surface area contributed by atoms with Gasteiger partial charge >= 0.3 is 5.79 Å². The van der Waals surface area contributed by atoms with Gasteiger partial charge < -0.3 is 28.4 Å². The Labute approximate surface area is 133 Å². The molecule has 0 N–H and O–H groups in total. The molecular weight excluding hydrogens is 304 g/mol. The van der Waals surface area contributed by atoms with Crippen molar-refractivity contribution in [2.24, 2.45) is 0 Å². The predicted octanol–water partition coefficient (Wildman–Crippen LogP) is 1.65. The number of methoxy groups -OCH3 is 4. The highest BCUT2D eigenvalue weighted by Crippen LogP contribution is 2.50. The molecule has 2 aliphatic rings. The molecule has 1 aromatic rings. The molecule has 0 amide bonds. The van der Waals surface area contributed by atoms with Gasteiger partial charge in [0.2, 0.25) is 5.78 Å². The second-order valence-electron chi connectivity index (χ2n) is 5.15. The topological polar surface area (TPSA) is 72.5 Å². The van der Waals surface area contributed by atoms with E-state index in [1.54, 1.807) is 25.3 Å². The van der Waals surface area contributed by atoms with Gasteiger partial charge in [-0.15, -0.1) is 0 Å². The number of carbonyl (C=O) groups is 1. The summed E-state index contributed by atoms with van der Waals surface area (Å²) < 4.78 is 33.3. The third-order valence-electron chi connectivity index (χ3n) is 4.08. The van der Waals surface area contributed by atoms with E-state index in [1.165, 1.54) is 27.4 Å². The van der Waals surface area contributed by atoms with Crippen molar-refractivity contribution in [3.63, 3.8) is 0 Å². The third-order valence-corrected chi connectivity index (χ3v) is 4.08. The maximum Gasteiger partial charge on any atom is 0.342 e. The number of hydrogen-bond acceptors (Lipinski definition) is 7. The minimum atomic E-state index is -1.74. The molecule has 1 aromatic carbocycles. The van der Waals surface area contributed by atoms with Crippen molar-refractivity contribution in [1.82, 2.24) is 0 Å². The van der Waals surface area contributed by atoms with Crippen molar-refractivity contribution in [2.75, 3.05) is 28.4 Å². The fraction of sp³-hybridized carbons (Fsp3) is 0.438. The van der Waals surface area contributed by atoms with E-state index in [0.29, 0.717) is 23.0 Å². The summed E-state index contributed by atoms with van der Waals surface area (Å²) in [6.45, 7) is 0. The van der Waals surface area contributed by atoms with Gasteiger partial charge in [0.15, 0.2) is 11.5 Å². The highest BCUT2D eigenvalue weighted by Gasteiger charge is 2.68. The van der Waals surface area contributed by atoms with Crippen molar-refractivity contribution in [3.05, 3.63) is 30.0 Å². The van der Waals surface area contributed by atoms with Crippen molar-refractivity contribution in [1.29, 1.82) is 0 Å². The molecule has 0 radical (unpaired) electrons. The molecule has 124 valence electrons. The molecule has 7 heteroatoms. The largest absolute Gasteiger partial charge is 0.501 e. The van der Waals surface area contributed by atoms with Crippen molar-refractivity contribution >= 4 is 5.78 Å². The van der Waals surface area contributed by atoms with Gasteiger partial charge in [0, 0.05) is 26.4 Å². The van der Waals surface area contributed by atoms with Crippen LogP contribution in [0.1, 0.15) is 6.42 Å². The maximum absolute atomic E-state index is 12.7. The Hall–Kier alpha value is -2.25. The Morgan fingerprint density at radius 1 is 1.00 bits per heavy atom. The number of ether oxygens (including phenoxy) is 6. The predicted molar refractivity (Wildman–Crippen MR) is 78.4 cm³/mol. The number of hydrogen-bond donors (Lipinski definition) is 0. The van der Waals surface area contributed by atoms with E-state index in [9.17, 15) is 4.79 Å². The van der Waals surface area contributed by atoms with Gasteiger partial charge in [-0.05, 0) is 12.1 Å². The Kier molecular flexibility index (Phi) is 3.69.